The van der Waals surface area contributed by atoms with Gasteiger partial charge in [0.05, 0.1) is 22.1 Å². The zero-order chi connectivity index (χ0) is 28.9. The number of carbonyl (C=O) groups excluding carboxylic acids is 2. The van der Waals surface area contributed by atoms with Crippen LogP contribution >= 0.6 is 22.9 Å². The molecule has 0 spiro atoms. The maximum atomic E-state index is 13.7. The molecule has 3 N–H and O–H groups in total. The molecule has 0 saturated heterocycles. The van der Waals surface area contributed by atoms with Crippen molar-refractivity contribution >= 4 is 50.7 Å². The highest BCUT2D eigenvalue weighted by atomic mass is 35.5. The molecule has 0 radical (unpaired) electrons. The number of nitrogens with one attached hydrogen (secondary N) is 1. The normalized spacial score (nSPS) is 11.8. The van der Waals surface area contributed by atoms with Gasteiger partial charge in [-0.1, -0.05) is 23.7 Å². The number of pyridine rings is 1. The third-order valence-electron chi connectivity index (χ3n) is 6.02. The first kappa shape index (κ1) is 27.3. The molecule has 0 atom stereocenters. The number of aryl methyl sites for hydroxylation is 1. The van der Waals surface area contributed by atoms with Gasteiger partial charge in [0.1, 0.15) is 27.9 Å². The highest BCUT2D eigenvalue weighted by Gasteiger charge is 2.35. The summed E-state index contributed by atoms with van der Waals surface area (Å²) in [7, 11) is 0. The molecule has 0 unspecified atom stereocenters. The number of aromatic nitrogens is 5. The van der Waals surface area contributed by atoms with Gasteiger partial charge < -0.3 is 11.1 Å². The fourth-order valence-electron chi connectivity index (χ4n) is 4.08. The first-order chi connectivity index (χ1) is 18.8. The van der Waals surface area contributed by atoms with E-state index in [0.717, 1.165) is 18.2 Å². The van der Waals surface area contributed by atoms with E-state index in [1.807, 2.05) is 0 Å². The van der Waals surface area contributed by atoms with Crippen molar-refractivity contribution in [2.75, 3.05) is 5.32 Å². The summed E-state index contributed by atoms with van der Waals surface area (Å²) in [4.78, 5) is 28.8. The largest absolute Gasteiger partial charge is 0.433 e. The minimum atomic E-state index is -4.81. The summed E-state index contributed by atoms with van der Waals surface area (Å²) >= 11 is 6.79. The Kier molecular flexibility index (Phi) is 6.84. The van der Waals surface area contributed by atoms with E-state index < -0.39 is 29.5 Å². The maximum absolute atomic E-state index is 13.7. The van der Waals surface area contributed by atoms with Crippen LogP contribution in [0.5, 0.6) is 0 Å². The van der Waals surface area contributed by atoms with Crippen LogP contribution in [0.4, 0.5) is 23.2 Å². The number of halogens is 5. The Balaban J connectivity index is 1.57. The predicted octanol–water partition coefficient (Wildman–Crippen LogP) is 5.64. The second-order valence-corrected chi connectivity index (χ2v) is 10.1. The molecule has 0 fully saturated rings. The van der Waals surface area contributed by atoms with Crippen molar-refractivity contribution in [2.45, 2.75) is 26.7 Å². The minimum Gasteiger partial charge on any atom is -0.365 e. The van der Waals surface area contributed by atoms with Gasteiger partial charge in [-0.3, -0.25) is 14.3 Å². The van der Waals surface area contributed by atoms with Crippen molar-refractivity contribution in [3.8, 4) is 11.1 Å². The fourth-order valence-corrected chi connectivity index (χ4v) is 5.23. The highest BCUT2D eigenvalue weighted by molar-refractivity contribution is 7.21. The smallest absolute Gasteiger partial charge is 0.365 e. The molecule has 5 aromatic rings. The van der Waals surface area contributed by atoms with Gasteiger partial charge in [-0.05, 0) is 49.2 Å². The molecular formula is C25H18ClF4N7O2S. The molecule has 0 bridgehead atoms. The van der Waals surface area contributed by atoms with Gasteiger partial charge in [-0.25, -0.2) is 14.1 Å². The Hall–Kier alpha value is -4.30. The van der Waals surface area contributed by atoms with Gasteiger partial charge in [-0.2, -0.15) is 23.4 Å². The summed E-state index contributed by atoms with van der Waals surface area (Å²) in [5, 5.41) is 11.7. The number of nitrogens with zero attached hydrogens (tertiary/aromatic N) is 5. The molecule has 4 aromatic heterocycles. The highest BCUT2D eigenvalue weighted by Crippen LogP contribution is 2.43. The van der Waals surface area contributed by atoms with Gasteiger partial charge in [0.25, 0.3) is 11.8 Å². The van der Waals surface area contributed by atoms with Crippen LogP contribution in [0.3, 0.4) is 0 Å². The van der Waals surface area contributed by atoms with E-state index in [2.05, 4.69) is 20.5 Å². The fraction of sp³-hybridized carbons (Fsp3) is 0.160. The van der Waals surface area contributed by atoms with Gasteiger partial charge >= 0.3 is 6.18 Å². The van der Waals surface area contributed by atoms with Crippen LogP contribution < -0.4 is 11.1 Å². The molecule has 1 aromatic carbocycles. The van der Waals surface area contributed by atoms with Crippen LogP contribution in [0.15, 0.2) is 42.6 Å². The number of thiophene rings is 1. The molecule has 4 heterocycles. The number of hydrogen-bond donors (Lipinski definition) is 2. The molecule has 9 nitrogen and oxygen atoms in total. The Morgan fingerprint density at radius 1 is 1.12 bits per heavy atom. The molecule has 5 rings (SSSR count). The Morgan fingerprint density at radius 2 is 1.82 bits per heavy atom. The zero-order valence-electron chi connectivity index (χ0n) is 20.7. The van der Waals surface area contributed by atoms with Crippen molar-refractivity contribution in [3.63, 3.8) is 0 Å². The van der Waals surface area contributed by atoms with Crippen molar-refractivity contribution in [3.05, 3.63) is 81.1 Å². The summed E-state index contributed by atoms with van der Waals surface area (Å²) in [6.07, 6.45) is -3.28. The van der Waals surface area contributed by atoms with Crippen molar-refractivity contribution < 1.29 is 27.2 Å². The van der Waals surface area contributed by atoms with Crippen LogP contribution in [0.1, 0.15) is 37.2 Å². The van der Waals surface area contributed by atoms with Crippen LogP contribution in [0.2, 0.25) is 5.02 Å². The lowest BCUT2D eigenvalue weighted by molar-refractivity contribution is -0.140. The SMILES string of the molecule is Cc1nn(Cn2ccc(C(=O)Nc3c(C(N)=O)sc4nc(C(F)(F)F)cc(-c5ccc(F)cc5)c34)n2)c(C)c1Cl. The van der Waals surface area contributed by atoms with Crippen molar-refractivity contribution in [1.29, 1.82) is 0 Å². The molecule has 0 aliphatic carbocycles. The summed E-state index contributed by atoms with van der Waals surface area (Å²) in [6.45, 7) is 3.69. The van der Waals surface area contributed by atoms with Gasteiger partial charge in [-0.15, -0.1) is 11.3 Å². The number of anilines is 1. The van der Waals surface area contributed by atoms with E-state index in [1.165, 1.54) is 29.1 Å². The molecular weight excluding hydrogens is 574 g/mol. The summed E-state index contributed by atoms with van der Waals surface area (Å²) in [5.41, 5.74) is 5.64. The molecule has 40 heavy (non-hydrogen) atoms. The van der Waals surface area contributed by atoms with E-state index >= 15 is 0 Å². The van der Waals surface area contributed by atoms with E-state index in [0.29, 0.717) is 27.7 Å². The number of amides is 2. The van der Waals surface area contributed by atoms with Crippen molar-refractivity contribution in [2.24, 2.45) is 5.73 Å². The average Bonchev–Trinajstić information content (AvgIpc) is 3.57. The van der Waals surface area contributed by atoms with E-state index in [9.17, 15) is 27.2 Å². The number of benzene rings is 1. The lowest BCUT2D eigenvalue weighted by Gasteiger charge is -2.12. The standard InChI is InChI=1S/C25H18ClF4N7O2S/c1-11-19(26)12(2)37(34-11)10-36-8-7-16(35-36)23(39)33-20-18-15(13-3-5-14(27)6-4-13)9-17(25(28,29)30)32-24(18)40-21(20)22(31)38/h3-9H,10H2,1-2H3,(H2,31,38)(H,33,39). The molecule has 0 saturated carbocycles. The summed E-state index contributed by atoms with van der Waals surface area (Å²) < 4.78 is 57.7. The van der Waals surface area contributed by atoms with Crippen LogP contribution in [-0.4, -0.2) is 36.4 Å². The Labute approximate surface area is 232 Å². The number of nitrogens with two attached hydrogens (primary N) is 1. The van der Waals surface area contributed by atoms with Crippen LogP contribution in [-0.2, 0) is 12.8 Å². The first-order valence-electron chi connectivity index (χ1n) is 11.5. The number of primary amides is 1. The average molecular weight is 592 g/mol. The molecule has 2 amide bonds. The third kappa shape index (κ3) is 5.02. The zero-order valence-corrected chi connectivity index (χ0v) is 22.2. The van der Waals surface area contributed by atoms with Crippen LogP contribution in [0.25, 0.3) is 21.3 Å². The summed E-state index contributed by atoms with van der Waals surface area (Å²) in [6, 6.07) is 6.92. The molecule has 206 valence electrons. The number of fused-ring (bicyclic) bond motifs is 1. The van der Waals surface area contributed by atoms with Gasteiger partial charge in [0, 0.05) is 11.6 Å². The monoisotopic (exact) mass is 591 g/mol. The number of hydrogen-bond acceptors (Lipinski definition) is 6. The second-order valence-electron chi connectivity index (χ2n) is 8.73. The van der Waals surface area contributed by atoms with E-state index in [-0.39, 0.29) is 44.3 Å². The van der Waals surface area contributed by atoms with Gasteiger partial charge in [0.2, 0.25) is 0 Å². The van der Waals surface area contributed by atoms with E-state index in [4.69, 9.17) is 17.3 Å². The topological polar surface area (TPSA) is 121 Å². The third-order valence-corrected chi connectivity index (χ3v) is 7.66. The molecule has 15 heteroatoms. The predicted molar refractivity (Wildman–Crippen MR) is 141 cm³/mol. The number of carbonyl (C=O) groups is 2. The number of rotatable bonds is 6. The molecule has 0 aliphatic heterocycles. The quantitative estimate of drug-likeness (QED) is 0.248. The lowest BCUT2D eigenvalue weighted by Crippen LogP contribution is -2.18. The molecule has 0 aliphatic rings. The van der Waals surface area contributed by atoms with Crippen LogP contribution in [0, 0.1) is 19.7 Å². The number of alkyl halides is 3. The maximum Gasteiger partial charge on any atom is 0.433 e. The summed E-state index contributed by atoms with van der Waals surface area (Å²) in [5.74, 6) is -2.33. The Bertz CT molecular complexity index is 1790. The van der Waals surface area contributed by atoms with E-state index in [1.54, 1.807) is 18.5 Å². The van der Waals surface area contributed by atoms with Gasteiger partial charge in [0.15, 0.2) is 5.69 Å². The Morgan fingerprint density at radius 3 is 2.42 bits per heavy atom. The lowest BCUT2D eigenvalue weighted by atomic mass is 10.0. The van der Waals surface area contributed by atoms with Crippen molar-refractivity contribution in [1.82, 2.24) is 24.5 Å². The second kappa shape index (κ2) is 10.0. The minimum absolute atomic E-state index is 0.0247. The first-order valence-corrected chi connectivity index (χ1v) is 12.7.